The van der Waals surface area contributed by atoms with E-state index in [2.05, 4.69) is 20.1 Å². The van der Waals surface area contributed by atoms with Crippen molar-refractivity contribution in [3.63, 3.8) is 0 Å². The monoisotopic (exact) mass is 422 g/mol. The summed E-state index contributed by atoms with van der Waals surface area (Å²) in [7, 11) is 0. The number of morpholine rings is 1. The zero-order valence-corrected chi connectivity index (χ0v) is 17.6. The van der Waals surface area contributed by atoms with Crippen LogP contribution in [-0.4, -0.2) is 93.8 Å². The van der Waals surface area contributed by atoms with E-state index in [1.165, 1.54) is 0 Å². The summed E-state index contributed by atoms with van der Waals surface area (Å²) in [6.45, 7) is 8.42. The van der Waals surface area contributed by atoms with Gasteiger partial charge in [0.15, 0.2) is 5.96 Å². The minimum Gasteiger partial charge on any atom is -0.379 e. The molecule has 9 heteroatoms. The fraction of sp³-hybridized carbons (Fsp3) is 0.600. The largest absolute Gasteiger partial charge is 0.379 e. The summed E-state index contributed by atoms with van der Waals surface area (Å²) in [4.78, 5) is 23.1. The highest BCUT2D eigenvalue weighted by atomic mass is 35.5. The highest BCUT2D eigenvalue weighted by molar-refractivity contribution is 6.30. The first kappa shape index (κ1) is 21.7. The molecule has 0 spiro atoms. The van der Waals surface area contributed by atoms with Gasteiger partial charge in [-0.05, 0) is 37.2 Å². The summed E-state index contributed by atoms with van der Waals surface area (Å²) >= 11 is 5.95. The maximum atomic E-state index is 12.4. The lowest BCUT2D eigenvalue weighted by Gasteiger charge is -2.36. The van der Waals surface area contributed by atoms with Gasteiger partial charge in [-0.25, -0.2) is 4.99 Å². The van der Waals surface area contributed by atoms with Crippen LogP contribution in [0.15, 0.2) is 29.3 Å². The van der Waals surface area contributed by atoms with Crippen LogP contribution in [0.3, 0.4) is 0 Å². The van der Waals surface area contributed by atoms with Crippen molar-refractivity contribution in [3.8, 4) is 0 Å². The molecule has 0 atom stereocenters. The second-order valence-corrected chi connectivity index (χ2v) is 7.72. The van der Waals surface area contributed by atoms with Crippen molar-refractivity contribution in [2.45, 2.75) is 6.42 Å². The van der Waals surface area contributed by atoms with Crippen molar-refractivity contribution in [2.24, 2.45) is 10.7 Å². The van der Waals surface area contributed by atoms with Crippen LogP contribution in [0, 0.1) is 0 Å². The number of carbonyl (C=O) groups excluding carboxylic acids is 1. The zero-order chi connectivity index (χ0) is 20.5. The number of hydrogen-bond acceptors (Lipinski definition) is 5. The Morgan fingerprint density at radius 2 is 1.79 bits per heavy atom. The van der Waals surface area contributed by atoms with E-state index >= 15 is 0 Å². The molecule has 0 aromatic heterocycles. The van der Waals surface area contributed by atoms with Gasteiger partial charge >= 0.3 is 0 Å². The van der Waals surface area contributed by atoms with Crippen molar-refractivity contribution in [3.05, 3.63) is 29.3 Å². The van der Waals surface area contributed by atoms with Crippen LogP contribution in [0.2, 0.25) is 5.02 Å². The highest BCUT2D eigenvalue weighted by Crippen LogP contribution is 2.19. The number of rotatable bonds is 7. The van der Waals surface area contributed by atoms with Crippen LogP contribution < -0.4 is 16.0 Å². The predicted octanol–water partition coefficient (Wildman–Crippen LogP) is 0.615. The van der Waals surface area contributed by atoms with Crippen molar-refractivity contribution < 1.29 is 9.53 Å². The number of guanidine groups is 1. The second-order valence-electron chi connectivity index (χ2n) is 7.28. The molecule has 3 N–H and O–H groups in total. The number of benzene rings is 1. The van der Waals surface area contributed by atoms with Crippen LogP contribution in [0.4, 0.5) is 5.69 Å². The van der Waals surface area contributed by atoms with E-state index in [4.69, 9.17) is 22.1 Å². The summed E-state index contributed by atoms with van der Waals surface area (Å²) in [5.41, 5.74) is 7.03. The summed E-state index contributed by atoms with van der Waals surface area (Å²) in [5, 5.41) is 3.82. The average Bonchev–Trinajstić information content (AvgIpc) is 2.76. The van der Waals surface area contributed by atoms with Gasteiger partial charge in [-0.1, -0.05) is 11.6 Å². The number of nitrogens with zero attached hydrogens (tertiary/aromatic N) is 4. The Kier molecular flexibility index (Phi) is 8.39. The molecule has 2 heterocycles. The number of aliphatic imine (C=N–C) groups is 1. The van der Waals surface area contributed by atoms with Gasteiger partial charge in [0, 0.05) is 56.5 Å². The van der Waals surface area contributed by atoms with Gasteiger partial charge in [0.05, 0.1) is 13.2 Å². The summed E-state index contributed by atoms with van der Waals surface area (Å²) < 4.78 is 5.34. The van der Waals surface area contributed by atoms with Crippen LogP contribution in [-0.2, 0) is 9.53 Å². The number of amides is 1. The number of ether oxygens (including phenoxy) is 1. The topological polar surface area (TPSA) is 86.4 Å². The lowest BCUT2D eigenvalue weighted by molar-refractivity contribution is -0.129. The van der Waals surface area contributed by atoms with Gasteiger partial charge in [-0.2, -0.15) is 0 Å². The standard InChI is InChI=1S/C20H31ClN6O2/c21-17-2-4-18(5-3-17)26-8-10-27(11-9-26)19(28)16-24-20(22)23-6-1-7-25-12-14-29-15-13-25/h2-5H,1,6-16H2,(H3,22,23,24). The van der Waals surface area contributed by atoms with Gasteiger partial charge in [0.1, 0.15) is 6.54 Å². The third-order valence-corrected chi connectivity index (χ3v) is 5.52. The van der Waals surface area contributed by atoms with Crippen molar-refractivity contribution in [2.75, 3.05) is 77.0 Å². The first-order valence-corrected chi connectivity index (χ1v) is 10.6. The lowest BCUT2D eigenvalue weighted by atomic mass is 10.2. The van der Waals surface area contributed by atoms with E-state index in [1.54, 1.807) is 0 Å². The molecule has 2 saturated heterocycles. The normalized spacial score (nSPS) is 18.7. The van der Waals surface area contributed by atoms with Crippen LogP contribution in [0.1, 0.15) is 6.42 Å². The number of piperazine rings is 1. The van der Waals surface area contributed by atoms with E-state index in [1.807, 2.05) is 29.2 Å². The van der Waals surface area contributed by atoms with E-state index in [9.17, 15) is 4.79 Å². The number of carbonyl (C=O) groups is 1. The molecule has 1 aromatic carbocycles. The predicted molar refractivity (Wildman–Crippen MR) is 117 cm³/mol. The Labute approximate surface area is 177 Å². The maximum absolute atomic E-state index is 12.4. The van der Waals surface area contributed by atoms with Gasteiger partial charge < -0.3 is 25.6 Å². The first-order valence-electron chi connectivity index (χ1n) is 10.2. The molecule has 0 radical (unpaired) electrons. The fourth-order valence-corrected chi connectivity index (χ4v) is 3.64. The molecule has 2 aliphatic heterocycles. The Hall–Kier alpha value is -2.03. The molecule has 160 valence electrons. The zero-order valence-electron chi connectivity index (χ0n) is 16.9. The first-order chi connectivity index (χ1) is 14.1. The highest BCUT2D eigenvalue weighted by Gasteiger charge is 2.21. The number of nitrogens with one attached hydrogen (secondary N) is 1. The van der Waals surface area contributed by atoms with Gasteiger partial charge in [0.25, 0.3) is 0 Å². The number of nitrogens with two attached hydrogens (primary N) is 1. The molecule has 1 amide bonds. The summed E-state index contributed by atoms with van der Waals surface area (Å²) in [6, 6.07) is 7.80. The van der Waals surface area contributed by atoms with Crippen LogP contribution in [0.25, 0.3) is 0 Å². The molecule has 29 heavy (non-hydrogen) atoms. The third-order valence-electron chi connectivity index (χ3n) is 5.27. The summed E-state index contributed by atoms with van der Waals surface area (Å²) in [5.74, 6) is 0.346. The average molecular weight is 423 g/mol. The third kappa shape index (κ3) is 7.06. The maximum Gasteiger partial charge on any atom is 0.244 e. The van der Waals surface area contributed by atoms with Crippen LogP contribution >= 0.6 is 11.6 Å². The molecule has 0 unspecified atom stereocenters. The number of halogens is 1. The fourth-order valence-electron chi connectivity index (χ4n) is 3.52. The quantitative estimate of drug-likeness (QED) is 0.380. The van der Waals surface area contributed by atoms with Crippen molar-refractivity contribution in [1.29, 1.82) is 0 Å². The number of hydrogen-bond donors (Lipinski definition) is 2. The Morgan fingerprint density at radius 1 is 1.10 bits per heavy atom. The van der Waals surface area contributed by atoms with Crippen molar-refractivity contribution >= 4 is 29.2 Å². The second kappa shape index (κ2) is 11.2. The lowest BCUT2D eigenvalue weighted by Crippen LogP contribution is -2.49. The molecule has 0 aliphatic carbocycles. The molecular formula is C20H31ClN6O2. The van der Waals surface area contributed by atoms with E-state index in [0.717, 1.165) is 69.6 Å². The minimum absolute atomic E-state index is 0.0128. The van der Waals surface area contributed by atoms with E-state index in [-0.39, 0.29) is 12.5 Å². The number of anilines is 1. The van der Waals surface area contributed by atoms with Gasteiger partial charge in [-0.15, -0.1) is 0 Å². The van der Waals surface area contributed by atoms with Gasteiger partial charge in [-0.3, -0.25) is 9.69 Å². The smallest absolute Gasteiger partial charge is 0.244 e. The van der Waals surface area contributed by atoms with Crippen molar-refractivity contribution in [1.82, 2.24) is 15.1 Å². The summed E-state index contributed by atoms with van der Waals surface area (Å²) in [6.07, 6.45) is 0.983. The molecule has 3 rings (SSSR count). The molecule has 2 fully saturated rings. The van der Waals surface area contributed by atoms with Crippen LogP contribution in [0.5, 0.6) is 0 Å². The van der Waals surface area contributed by atoms with E-state index in [0.29, 0.717) is 19.0 Å². The Balaban J connectivity index is 1.32. The SMILES string of the molecule is NC(=NCC(=O)N1CCN(c2ccc(Cl)cc2)CC1)NCCCN1CCOCC1. The molecular weight excluding hydrogens is 392 g/mol. The molecule has 1 aromatic rings. The molecule has 8 nitrogen and oxygen atoms in total. The Morgan fingerprint density at radius 3 is 2.48 bits per heavy atom. The van der Waals surface area contributed by atoms with E-state index < -0.39 is 0 Å². The molecule has 2 aliphatic rings. The Bertz CT molecular complexity index is 670. The van der Waals surface area contributed by atoms with Gasteiger partial charge in [0.2, 0.25) is 5.91 Å². The molecule has 0 saturated carbocycles. The minimum atomic E-state index is 0.0128. The molecule has 0 bridgehead atoms.